The summed E-state index contributed by atoms with van der Waals surface area (Å²) in [6, 6.07) is 0. The van der Waals surface area contributed by atoms with Gasteiger partial charge in [-0.05, 0) is 32.1 Å². The van der Waals surface area contributed by atoms with Gasteiger partial charge in [0.2, 0.25) is 0 Å². The second kappa shape index (κ2) is 7.04. The molecule has 14 heavy (non-hydrogen) atoms. The first-order valence-electron chi connectivity index (χ1n) is 5.40. The molecule has 1 heterocycles. The van der Waals surface area contributed by atoms with Gasteiger partial charge in [-0.25, -0.2) is 0 Å². The van der Waals surface area contributed by atoms with E-state index in [1.807, 2.05) is 13.0 Å². The lowest BCUT2D eigenvalue weighted by atomic mass is 10.0. The third kappa shape index (κ3) is 4.80. The molecule has 0 aliphatic carbocycles. The van der Waals surface area contributed by atoms with Crippen LogP contribution in [0.25, 0.3) is 0 Å². The average molecular weight is 216 g/mol. The summed E-state index contributed by atoms with van der Waals surface area (Å²) in [7, 11) is -0.568. The lowest BCUT2D eigenvalue weighted by molar-refractivity contribution is 0.223. The molecule has 1 rings (SSSR count). The Bertz CT molecular complexity index is 201. The normalized spacial score (nSPS) is 28.9. The molecule has 0 aromatic rings. The summed E-state index contributed by atoms with van der Waals surface area (Å²) < 4.78 is 16.7. The van der Waals surface area contributed by atoms with Crippen LogP contribution in [0.5, 0.6) is 0 Å². The van der Waals surface area contributed by atoms with Gasteiger partial charge in [0.05, 0.1) is 12.9 Å². The maximum atomic E-state index is 11.4. The summed E-state index contributed by atoms with van der Waals surface area (Å²) >= 11 is 0. The monoisotopic (exact) mass is 216 g/mol. The van der Waals surface area contributed by atoms with E-state index in [0.717, 1.165) is 31.0 Å². The van der Waals surface area contributed by atoms with Crippen LogP contribution in [0, 0.1) is 5.92 Å². The minimum Gasteiger partial charge on any atom is -0.502 e. The van der Waals surface area contributed by atoms with Crippen molar-refractivity contribution in [2.24, 2.45) is 5.92 Å². The molecule has 1 aliphatic rings. The van der Waals surface area contributed by atoms with Gasteiger partial charge in [-0.1, -0.05) is 12.5 Å². The number of hydrogen-bond donors (Lipinski definition) is 0. The zero-order valence-corrected chi connectivity index (χ0v) is 9.72. The SMILES string of the molecule is C/C=C/OCCC1CCCCS(=O)C1. The zero-order valence-electron chi connectivity index (χ0n) is 8.91. The highest BCUT2D eigenvalue weighted by molar-refractivity contribution is 7.84. The molecule has 2 nitrogen and oxygen atoms in total. The quantitative estimate of drug-likeness (QED) is 0.533. The lowest BCUT2D eigenvalue weighted by Gasteiger charge is -2.12. The van der Waals surface area contributed by atoms with Crippen LogP contribution >= 0.6 is 0 Å². The molecule has 3 heteroatoms. The summed E-state index contributed by atoms with van der Waals surface area (Å²) in [5.74, 6) is 2.41. The lowest BCUT2D eigenvalue weighted by Crippen LogP contribution is -2.11. The van der Waals surface area contributed by atoms with Crippen LogP contribution in [0.3, 0.4) is 0 Å². The van der Waals surface area contributed by atoms with Crippen LogP contribution in [0.1, 0.15) is 32.6 Å². The van der Waals surface area contributed by atoms with Crippen molar-refractivity contribution in [1.82, 2.24) is 0 Å². The predicted molar refractivity (Wildman–Crippen MR) is 60.6 cm³/mol. The summed E-state index contributed by atoms with van der Waals surface area (Å²) in [6.07, 6.45) is 8.28. The van der Waals surface area contributed by atoms with Gasteiger partial charge in [0.25, 0.3) is 0 Å². The van der Waals surface area contributed by atoms with E-state index < -0.39 is 10.8 Å². The molecule has 0 radical (unpaired) electrons. The van der Waals surface area contributed by atoms with Crippen molar-refractivity contribution < 1.29 is 8.95 Å². The van der Waals surface area contributed by atoms with E-state index in [-0.39, 0.29) is 0 Å². The van der Waals surface area contributed by atoms with Gasteiger partial charge in [0.15, 0.2) is 0 Å². The van der Waals surface area contributed by atoms with Crippen LogP contribution in [0.15, 0.2) is 12.3 Å². The Morgan fingerprint density at radius 1 is 1.50 bits per heavy atom. The maximum Gasteiger partial charge on any atom is 0.0876 e. The molecule has 2 atom stereocenters. The molecule has 1 fully saturated rings. The van der Waals surface area contributed by atoms with Crippen LogP contribution in [0.2, 0.25) is 0 Å². The maximum absolute atomic E-state index is 11.4. The van der Waals surface area contributed by atoms with Crippen molar-refractivity contribution in [1.29, 1.82) is 0 Å². The van der Waals surface area contributed by atoms with E-state index in [4.69, 9.17) is 4.74 Å². The predicted octanol–water partition coefficient (Wildman–Crippen LogP) is 2.48. The largest absolute Gasteiger partial charge is 0.502 e. The number of ether oxygens (including phenoxy) is 1. The fourth-order valence-electron chi connectivity index (χ4n) is 1.75. The van der Waals surface area contributed by atoms with Crippen molar-refractivity contribution in [3.8, 4) is 0 Å². The van der Waals surface area contributed by atoms with E-state index in [1.54, 1.807) is 6.26 Å². The Morgan fingerprint density at radius 2 is 2.36 bits per heavy atom. The van der Waals surface area contributed by atoms with E-state index in [2.05, 4.69) is 0 Å². The Hall–Kier alpha value is -0.310. The van der Waals surface area contributed by atoms with Gasteiger partial charge in [-0.3, -0.25) is 4.21 Å². The van der Waals surface area contributed by atoms with Crippen LogP contribution in [-0.4, -0.2) is 22.3 Å². The van der Waals surface area contributed by atoms with E-state index in [1.165, 1.54) is 12.8 Å². The molecule has 1 saturated heterocycles. The highest BCUT2D eigenvalue weighted by Crippen LogP contribution is 2.19. The number of allylic oxidation sites excluding steroid dienone is 1. The van der Waals surface area contributed by atoms with Gasteiger partial charge in [0.1, 0.15) is 0 Å². The highest BCUT2D eigenvalue weighted by Gasteiger charge is 2.16. The standard InChI is InChI=1S/C11H20O2S/c1-2-7-13-8-6-11-5-3-4-9-14(12)10-11/h2,7,11H,3-6,8-10H2,1H3/b7-2+. The van der Waals surface area contributed by atoms with Crippen LogP contribution < -0.4 is 0 Å². The average Bonchev–Trinajstić information content (AvgIpc) is 2.38. The Balaban J connectivity index is 2.18. The topological polar surface area (TPSA) is 26.3 Å². The first-order chi connectivity index (χ1) is 6.83. The van der Waals surface area contributed by atoms with E-state index in [0.29, 0.717) is 5.92 Å². The molecule has 0 aromatic heterocycles. The second-order valence-electron chi connectivity index (χ2n) is 3.80. The fraction of sp³-hybridized carbons (Fsp3) is 0.818. The van der Waals surface area contributed by atoms with Gasteiger partial charge in [-0.2, -0.15) is 0 Å². The summed E-state index contributed by atoms with van der Waals surface area (Å²) in [5.41, 5.74) is 0. The van der Waals surface area contributed by atoms with Crippen molar-refractivity contribution in [2.75, 3.05) is 18.1 Å². The van der Waals surface area contributed by atoms with Gasteiger partial charge >= 0.3 is 0 Å². The van der Waals surface area contributed by atoms with E-state index in [9.17, 15) is 4.21 Å². The first-order valence-corrected chi connectivity index (χ1v) is 6.89. The molecule has 0 bridgehead atoms. The smallest absolute Gasteiger partial charge is 0.0876 e. The molecule has 0 N–H and O–H groups in total. The Labute approximate surface area is 89.2 Å². The Morgan fingerprint density at radius 3 is 3.14 bits per heavy atom. The minimum atomic E-state index is -0.568. The zero-order chi connectivity index (χ0) is 10.2. The summed E-state index contributed by atoms with van der Waals surface area (Å²) in [4.78, 5) is 0. The van der Waals surface area contributed by atoms with Gasteiger partial charge in [-0.15, -0.1) is 0 Å². The molecule has 0 amide bonds. The molecule has 0 spiro atoms. The second-order valence-corrected chi connectivity index (χ2v) is 5.42. The van der Waals surface area contributed by atoms with Crippen molar-refractivity contribution in [2.45, 2.75) is 32.6 Å². The van der Waals surface area contributed by atoms with Crippen molar-refractivity contribution in [3.05, 3.63) is 12.3 Å². The Kier molecular flexibility index (Phi) is 5.92. The molecule has 82 valence electrons. The first kappa shape index (κ1) is 11.8. The van der Waals surface area contributed by atoms with Crippen molar-refractivity contribution in [3.63, 3.8) is 0 Å². The molecule has 2 unspecified atom stereocenters. The molecule has 0 aromatic carbocycles. The van der Waals surface area contributed by atoms with Gasteiger partial charge in [0, 0.05) is 22.3 Å². The van der Waals surface area contributed by atoms with E-state index >= 15 is 0 Å². The summed E-state index contributed by atoms with van der Waals surface area (Å²) in [6.45, 7) is 2.72. The molecule has 0 saturated carbocycles. The minimum absolute atomic E-state index is 0.568. The third-order valence-corrected chi connectivity index (χ3v) is 4.12. The highest BCUT2D eigenvalue weighted by atomic mass is 32.2. The summed E-state index contributed by atoms with van der Waals surface area (Å²) in [5, 5.41) is 0. The van der Waals surface area contributed by atoms with Crippen molar-refractivity contribution >= 4 is 10.8 Å². The number of rotatable bonds is 4. The molecular weight excluding hydrogens is 196 g/mol. The molecule has 1 aliphatic heterocycles. The molecular formula is C11H20O2S. The van der Waals surface area contributed by atoms with Gasteiger partial charge < -0.3 is 4.74 Å². The fourth-order valence-corrected chi connectivity index (χ4v) is 3.30. The van der Waals surface area contributed by atoms with Crippen LogP contribution in [0.4, 0.5) is 0 Å². The third-order valence-electron chi connectivity index (χ3n) is 2.53. The van der Waals surface area contributed by atoms with Crippen LogP contribution in [-0.2, 0) is 15.5 Å². The number of hydrogen-bond acceptors (Lipinski definition) is 2.